The normalized spacial score (nSPS) is 20.7. The van der Waals surface area contributed by atoms with Crippen LogP contribution in [0.3, 0.4) is 0 Å². The third kappa shape index (κ3) is 4.24. The van der Waals surface area contributed by atoms with Crippen LogP contribution in [0.5, 0.6) is 0 Å². The lowest BCUT2D eigenvalue weighted by atomic mass is 10.0. The van der Waals surface area contributed by atoms with Crippen molar-refractivity contribution in [1.82, 2.24) is 15.1 Å². The van der Waals surface area contributed by atoms with Gasteiger partial charge in [-0.2, -0.15) is 0 Å². The molecule has 1 aromatic rings. The first-order chi connectivity index (χ1) is 9.04. The molecule has 0 saturated carbocycles. The van der Waals surface area contributed by atoms with Crippen molar-refractivity contribution in [3.63, 3.8) is 0 Å². The average molecular weight is 282 g/mol. The largest absolute Gasteiger partial charge is 0.299 e. The van der Waals surface area contributed by atoms with Crippen LogP contribution in [0.4, 0.5) is 5.13 Å². The summed E-state index contributed by atoms with van der Waals surface area (Å²) in [6, 6.07) is 0. The number of nitrogens with zero attached hydrogens (tertiary/aromatic N) is 3. The molecule has 19 heavy (non-hydrogen) atoms. The lowest BCUT2D eigenvalue weighted by Crippen LogP contribution is -2.39. The standard InChI is InChI=1S/C13H22N4OS/c1-9(2)12-15-16-13(19-12)14-11(18)8-17-6-4-5-10(3)7-17/h9-10H,4-8H2,1-3H3,(H,14,16,18)/t10-/m1/s1. The maximum Gasteiger partial charge on any atom is 0.240 e. The molecule has 1 saturated heterocycles. The van der Waals surface area contributed by atoms with Gasteiger partial charge in [0.1, 0.15) is 5.01 Å². The monoisotopic (exact) mass is 282 g/mol. The van der Waals surface area contributed by atoms with E-state index in [1.807, 2.05) is 0 Å². The van der Waals surface area contributed by atoms with Crippen molar-refractivity contribution >= 4 is 22.4 Å². The van der Waals surface area contributed by atoms with Gasteiger partial charge in [0.2, 0.25) is 11.0 Å². The molecule has 2 rings (SSSR count). The van der Waals surface area contributed by atoms with E-state index in [0.29, 0.717) is 23.5 Å². The second kappa shape index (κ2) is 6.43. The lowest BCUT2D eigenvalue weighted by molar-refractivity contribution is -0.117. The molecule has 106 valence electrons. The number of hydrogen-bond donors (Lipinski definition) is 1. The summed E-state index contributed by atoms with van der Waals surface area (Å²) in [6.45, 7) is 8.87. The van der Waals surface area contributed by atoms with Gasteiger partial charge in [-0.1, -0.05) is 32.1 Å². The van der Waals surface area contributed by atoms with Gasteiger partial charge in [0, 0.05) is 12.5 Å². The van der Waals surface area contributed by atoms with E-state index in [4.69, 9.17) is 0 Å². The lowest BCUT2D eigenvalue weighted by Gasteiger charge is -2.29. The highest BCUT2D eigenvalue weighted by Crippen LogP contribution is 2.22. The molecule has 0 radical (unpaired) electrons. The van der Waals surface area contributed by atoms with Crippen molar-refractivity contribution in [3.05, 3.63) is 5.01 Å². The molecule has 5 nitrogen and oxygen atoms in total. The summed E-state index contributed by atoms with van der Waals surface area (Å²) in [5, 5.41) is 12.5. The highest BCUT2D eigenvalue weighted by molar-refractivity contribution is 7.15. The molecule has 0 bridgehead atoms. The van der Waals surface area contributed by atoms with Gasteiger partial charge in [0.05, 0.1) is 6.54 Å². The van der Waals surface area contributed by atoms with Crippen molar-refractivity contribution in [2.24, 2.45) is 5.92 Å². The molecule has 2 heterocycles. The molecule has 0 aromatic carbocycles. The minimum Gasteiger partial charge on any atom is -0.299 e. The average Bonchev–Trinajstić information content (AvgIpc) is 2.77. The van der Waals surface area contributed by atoms with Gasteiger partial charge in [-0.15, -0.1) is 10.2 Å². The molecule has 1 aliphatic rings. The Balaban J connectivity index is 1.83. The predicted octanol–water partition coefficient (Wildman–Crippen LogP) is 2.33. The Morgan fingerprint density at radius 2 is 2.32 bits per heavy atom. The van der Waals surface area contributed by atoms with Gasteiger partial charge in [-0.05, 0) is 25.3 Å². The minimum absolute atomic E-state index is 0.0144. The highest BCUT2D eigenvalue weighted by Gasteiger charge is 2.19. The molecule has 1 aromatic heterocycles. The van der Waals surface area contributed by atoms with E-state index in [1.165, 1.54) is 24.2 Å². The molecule has 0 spiro atoms. The second-order valence-corrected chi connectivity index (χ2v) is 6.64. The Bertz CT molecular complexity index is 432. The number of carbonyl (C=O) groups excluding carboxylic acids is 1. The van der Waals surface area contributed by atoms with E-state index in [1.54, 1.807) is 0 Å². The predicted molar refractivity (Wildman–Crippen MR) is 77.5 cm³/mol. The van der Waals surface area contributed by atoms with Crippen LogP contribution >= 0.6 is 11.3 Å². The number of carbonyl (C=O) groups is 1. The van der Waals surface area contributed by atoms with Gasteiger partial charge < -0.3 is 0 Å². The van der Waals surface area contributed by atoms with E-state index < -0.39 is 0 Å². The molecule has 0 unspecified atom stereocenters. The smallest absolute Gasteiger partial charge is 0.240 e. The van der Waals surface area contributed by atoms with E-state index in [2.05, 4.69) is 41.2 Å². The Labute approximate surface area is 118 Å². The number of hydrogen-bond acceptors (Lipinski definition) is 5. The fraction of sp³-hybridized carbons (Fsp3) is 0.769. The third-order valence-electron chi connectivity index (χ3n) is 3.29. The van der Waals surface area contributed by atoms with E-state index in [0.717, 1.165) is 18.1 Å². The van der Waals surface area contributed by atoms with Crippen molar-refractivity contribution < 1.29 is 4.79 Å². The Morgan fingerprint density at radius 3 is 2.95 bits per heavy atom. The van der Waals surface area contributed by atoms with E-state index in [9.17, 15) is 4.79 Å². The van der Waals surface area contributed by atoms with Crippen LogP contribution in [0.15, 0.2) is 0 Å². The summed E-state index contributed by atoms with van der Waals surface area (Å²) in [6.07, 6.45) is 2.46. The van der Waals surface area contributed by atoms with Gasteiger partial charge >= 0.3 is 0 Å². The Kier molecular flexibility index (Phi) is 4.87. The Hall–Kier alpha value is -1.01. The molecule has 1 N–H and O–H groups in total. The highest BCUT2D eigenvalue weighted by atomic mass is 32.1. The fourth-order valence-electron chi connectivity index (χ4n) is 2.31. The molecular weight excluding hydrogens is 260 g/mol. The zero-order valence-electron chi connectivity index (χ0n) is 11.8. The molecule has 1 aliphatic heterocycles. The molecule has 6 heteroatoms. The van der Waals surface area contributed by atoms with Crippen LogP contribution in [0, 0.1) is 5.92 Å². The first-order valence-corrected chi connectivity index (χ1v) is 7.72. The number of rotatable bonds is 4. The first-order valence-electron chi connectivity index (χ1n) is 6.90. The maximum absolute atomic E-state index is 12.0. The zero-order valence-corrected chi connectivity index (χ0v) is 12.7. The molecule has 1 fully saturated rings. The zero-order chi connectivity index (χ0) is 13.8. The molecule has 1 amide bonds. The summed E-state index contributed by atoms with van der Waals surface area (Å²) in [4.78, 5) is 14.2. The molecule has 0 aliphatic carbocycles. The molecule has 1 atom stereocenters. The van der Waals surface area contributed by atoms with Gasteiger partial charge in [-0.25, -0.2) is 0 Å². The van der Waals surface area contributed by atoms with E-state index in [-0.39, 0.29) is 5.91 Å². The summed E-state index contributed by atoms with van der Waals surface area (Å²) in [5.41, 5.74) is 0. The third-order valence-corrected chi connectivity index (χ3v) is 4.43. The van der Waals surface area contributed by atoms with Crippen LogP contribution in [-0.4, -0.2) is 40.6 Å². The number of amides is 1. The first kappa shape index (κ1) is 14.4. The van der Waals surface area contributed by atoms with Crippen LogP contribution in [0.25, 0.3) is 0 Å². The number of anilines is 1. The number of piperidine rings is 1. The van der Waals surface area contributed by atoms with Crippen LogP contribution in [-0.2, 0) is 4.79 Å². The van der Waals surface area contributed by atoms with Gasteiger partial charge in [0.25, 0.3) is 0 Å². The van der Waals surface area contributed by atoms with Crippen molar-refractivity contribution in [2.45, 2.75) is 39.5 Å². The van der Waals surface area contributed by atoms with Gasteiger partial charge in [0.15, 0.2) is 0 Å². The Morgan fingerprint density at radius 1 is 1.53 bits per heavy atom. The molecular formula is C13H22N4OS. The number of nitrogens with one attached hydrogen (secondary N) is 1. The summed E-state index contributed by atoms with van der Waals surface area (Å²) >= 11 is 1.46. The second-order valence-electron chi connectivity index (χ2n) is 5.63. The number of likely N-dealkylation sites (tertiary alicyclic amines) is 1. The van der Waals surface area contributed by atoms with E-state index >= 15 is 0 Å². The van der Waals surface area contributed by atoms with Crippen molar-refractivity contribution in [2.75, 3.05) is 25.0 Å². The van der Waals surface area contributed by atoms with Crippen molar-refractivity contribution in [3.8, 4) is 0 Å². The van der Waals surface area contributed by atoms with Crippen molar-refractivity contribution in [1.29, 1.82) is 0 Å². The van der Waals surface area contributed by atoms with Crippen LogP contribution in [0.1, 0.15) is 44.5 Å². The van der Waals surface area contributed by atoms with Crippen LogP contribution < -0.4 is 5.32 Å². The number of aromatic nitrogens is 2. The van der Waals surface area contributed by atoms with Crippen LogP contribution in [0.2, 0.25) is 0 Å². The maximum atomic E-state index is 12.0. The topological polar surface area (TPSA) is 58.1 Å². The quantitative estimate of drug-likeness (QED) is 0.921. The summed E-state index contributed by atoms with van der Waals surface area (Å²) in [5.74, 6) is 1.06. The summed E-state index contributed by atoms with van der Waals surface area (Å²) in [7, 11) is 0. The minimum atomic E-state index is 0.0144. The fourth-order valence-corrected chi connectivity index (χ4v) is 3.07. The van der Waals surface area contributed by atoms with Gasteiger partial charge in [-0.3, -0.25) is 15.0 Å². The summed E-state index contributed by atoms with van der Waals surface area (Å²) < 4.78 is 0. The SMILES string of the molecule is CC(C)c1nnc(NC(=O)CN2CCC[C@@H](C)C2)s1.